The largest absolute Gasteiger partial charge is 0.384 e. The maximum absolute atomic E-state index is 12.5. The second-order valence-electron chi connectivity index (χ2n) is 4.76. The van der Waals surface area contributed by atoms with Crippen LogP contribution < -0.4 is 17.0 Å². The molecule has 0 saturated carbocycles. The maximum Gasteiger partial charge on any atom is 0.332 e. The van der Waals surface area contributed by atoms with Gasteiger partial charge in [-0.2, -0.15) is 5.26 Å². The molecule has 2 aromatic heterocycles. The van der Waals surface area contributed by atoms with Crippen molar-refractivity contribution in [1.29, 1.82) is 5.26 Å². The Labute approximate surface area is 134 Å². The van der Waals surface area contributed by atoms with E-state index in [0.717, 1.165) is 14.1 Å². The van der Waals surface area contributed by atoms with E-state index in [1.54, 1.807) is 18.4 Å². The van der Waals surface area contributed by atoms with Crippen LogP contribution in [0.3, 0.4) is 0 Å². The summed E-state index contributed by atoms with van der Waals surface area (Å²) in [6, 6.07) is 1.75. The first-order chi connectivity index (χ1) is 10.8. The number of hydrogen-bond acceptors (Lipinski definition) is 7. The molecule has 0 amide bonds. The third kappa shape index (κ3) is 2.84. The highest BCUT2D eigenvalue weighted by atomic mass is 32.1. The number of aryl methyl sites for hydroxylation is 1. The summed E-state index contributed by atoms with van der Waals surface area (Å²) in [6.07, 6.45) is 1.29. The third-order valence-corrected chi connectivity index (χ3v) is 4.02. The zero-order chi connectivity index (χ0) is 17.3. The smallest absolute Gasteiger partial charge is 0.332 e. The van der Waals surface area contributed by atoms with Crippen LogP contribution in [0.4, 0.5) is 5.82 Å². The Bertz CT molecular complexity index is 987. The molecule has 9 heteroatoms. The highest BCUT2D eigenvalue weighted by Crippen LogP contribution is 2.15. The summed E-state index contributed by atoms with van der Waals surface area (Å²) in [7, 11) is 2.58. The van der Waals surface area contributed by atoms with E-state index in [9.17, 15) is 19.6 Å². The quantitative estimate of drug-likeness (QED) is 0.487. The van der Waals surface area contributed by atoms with Crippen LogP contribution in [0.25, 0.3) is 6.08 Å². The van der Waals surface area contributed by atoms with Crippen molar-refractivity contribution >= 4 is 29.0 Å². The Hall–Kier alpha value is -2.99. The molecule has 2 N–H and O–H groups in total. The molecule has 0 saturated heterocycles. The van der Waals surface area contributed by atoms with Gasteiger partial charge in [-0.15, -0.1) is 11.3 Å². The molecule has 2 heterocycles. The van der Waals surface area contributed by atoms with E-state index in [0.29, 0.717) is 5.69 Å². The van der Waals surface area contributed by atoms with Gasteiger partial charge in [0.1, 0.15) is 23.0 Å². The second-order valence-corrected chi connectivity index (χ2v) is 5.82. The fourth-order valence-corrected chi connectivity index (χ4v) is 2.52. The summed E-state index contributed by atoms with van der Waals surface area (Å²) in [5.74, 6) is -1.12. The number of nitrogens with two attached hydrogens (primary N) is 1. The van der Waals surface area contributed by atoms with Gasteiger partial charge in [0.05, 0.1) is 10.7 Å². The minimum absolute atomic E-state index is 0.279. The monoisotopic (exact) mass is 331 g/mol. The Kier molecular flexibility index (Phi) is 4.29. The van der Waals surface area contributed by atoms with Gasteiger partial charge in [-0.3, -0.25) is 18.7 Å². The van der Waals surface area contributed by atoms with Gasteiger partial charge in [0.2, 0.25) is 5.78 Å². The molecule has 0 aliphatic carbocycles. The Morgan fingerprint density at radius 3 is 2.57 bits per heavy atom. The van der Waals surface area contributed by atoms with Crippen LogP contribution in [0.5, 0.6) is 0 Å². The molecule has 23 heavy (non-hydrogen) atoms. The zero-order valence-electron chi connectivity index (χ0n) is 12.7. The highest BCUT2D eigenvalue weighted by Gasteiger charge is 2.23. The van der Waals surface area contributed by atoms with Crippen molar-refractivity contribution in [3.05, 3.63) is 48.1 Å². The fourth-order valence-electron chi connectivity index (χ4n) is 1.95. The van der Waals surface area contributed by atoms with Crippen LogP contribution in [-0.4, -0.2) is 19.9 Å². The number of nitriles is 1. The number of allylic oxidation sites excluding steroid dienone is 1. The lowest BCUT2D eigenvalue weighted by molar-refractivity contribution is 0.103. The van der Waals surface area contributed by atoms with E-state index in [2.05, 4.69) is 4.98 Å². The number of anilines is 1. The number of nitrogens with zero attached hydrogens (tertiary/aromatic N) is 4. The van der Waals surface area contributed by atoms with E-state index in [4.69, 9.17) is 5.73 Å². The van der Waals surface area contributed by atoms with E-state index in [1.165, 1.54) is 31.5 Å². The van der Waals surface area contributed by atoms with Gasteiger partial charge in [-0.25, -0.2) is 9.78 Å². The van der Waals surface area contributed by atoms with Crippen LogP contribution >= 0.6 is 11.3 Å². The minimum Gasteiger partial charge on any atom is -0.384 e. The molecule has 2 aromatic rings. The average molecular weight is 331 g/mol. The van der Waals surface area contributed by atoms with Crippen molar-refractivity contribution in [3.63, 3.8) is 0 Å². The lowest BCUT2D eigenvalue weighted by atomic mass is 10.1. The average Bonchev–Trinajstić information content (AvgIpc) is 2.93. The lowest BCUT2D eigenvalue weighted by Crippen LogP contribution is -2.41. The van der Waals surface area contributed by atoms with E-state index < -0.39 is 22.6 Å². The molecule has 0 bridgehead atoms. The van der Waals surface area contributed by atoms with Crippen molar-refractivity contribution in [2.45, 2.75) is 6.92 Å². The predicted molar refractivity (Wildman–Crippen MR) is 86.1 cm³/mol. The number of thiazole rings is 1. The molecular formula is C14H13N5O3S. The van der Waals surface area contributed by atoms with Gasteiger partial charge < -0.3 is 5.73 Å². The number of aromatic nitrogens is 3. The van der Waals surface area contributed by atoms with E-state index >= 15 is 0 Å². The first-order valence-electron chi connectivity index (χ1n) is 6.42. The van der Waals surface area contributed by atoms with Crippen LogP contribution in [0.1, 0.15) is 21.1 Å². The Morgan fingerprint density at radius 2 is 2.04 bits per heavy atom. The first kappa shape index (κ1) is 16.4. The van der Waals surface area contributed by atoms with Crippen molar-refractivity contribution in [1.82, 2.24) is 14.1 Å². The fraction of sp³-hybridized carbons (Fsp3) is 0.214. The number of rotatable bonds is 3. The molecule has 0 aliphatic rings. The normalized spacial score (nSPS) is 11.3. The molecule has 0 aromatic carbocycles. The minimum atomic E-state index is -0.841. The van der Waals surface area contributed by atoms with Crippen molar-refractivity contribution in [2.24, 2.45) is 14.1 Å². The topological polar surface area (TPSA) is 124 Å². The summed E-state index contributed by atoms with van der Waals surface area (Å²) >= 11 is 1.37. The SMILES string of the molecule is Cc1nc(/C=C(\C#N)C(=O)c2c(N)n(C)c(=O)n(C)c2=O)cs1. The molecule has 0 atom stereocenters. The first-order valence-corrected chi connectivity index (χ1v) is 7.30. The number of ketones is 1. The van der Waals surface area contributed by atoms with Gasteiger partial charge in [-0.1, -0.05) is 0 Å². The number of hydrogen-bond donors (Lipinski definition) is 1. The summed E-state index contributed by atoms with van der Waals surface area (Å²) in [5.41, 5.74) is 3.98. The second kappa shape index (κ2) is 6.02. The van der Waals surface area contributed by atoms with Gasteiger partial charge >= 0.3 is 5.69 Å². The highest BCUT2D eigenvalue weighted by molar-refractivity contribution is 7.09. The third-order valence-electron chi connectivity index (χ3n) is 3.23. The Morgan fingerprint density at radius 1 is 1.39 bits per heavy atom. The number of nitrogen functional groups attached to an aromatic ring is 1. The molecule has 0 fully saturated rings. The molecule has 0 unspecified atom stereocenters. The number of carbonyl (C=O) groups is 1. The summed E-state index contributed by atoms with van der Waals surface area (Å²) in [5, 5.41) is 11.7. The van der Waals surface area contributed by atoms with Crippen LogP contribution in [-0.2, 0) is 14.1 Å². The van der Waals surface area contributed by atoms with E-state index in [1.807, 2.05) is 0 Å². The standard InChI is InChI=1S/C14H13N5O3S/c1-7-17-9(6-23-7)4-8(5-15)11(20)10-12(16)18(2)14(22)19(3)13(10)21/h4,6H,16H2,1-3H3/b8-4+. The molecule has 0 radical (unpaired) electrons. The van der Waals surface area contributed by atoms with Crippen molar-refractivity contribution < 1.29 is 4.79 Å². The molecule has 0 spiro atoms. The molecular weight excluding hydrogens is 318 g/mol. The molecule has 2 rings (SSSR count). The molecule has 118 valence electrons. The molecule has 0 aliphatic heterocycles. The van der Waals surface area contributed by atoms with Gasteiger partial charge in [0, 0.05) is 19.5 Å². The maximum atomic E-state index is 12.5. The van der Waals surface area contributed by atoms with Gasteiger partial charge in [0.15, 0.2) is 0 Å². The number of carbonyl (C=O) groups excluding carboxylic acids is 1. The summed E-state index contributed by atoms with van der Waals surface area (Å²) in [4.78, 5) is 40.6. The lowest BCUT2D eigenvalue weighted by Gasteiger charge is -2.10. The van der Waals surface area contributed by atoms with Crippen molar-refractivity contribution in [3.8, 4) is 6.07 Å². The van der Waals surface area contributed by atoms with Crippen LogP contribution in [0.15, 0.2) is 20.5 Å². The zero-order valence-corrected chi connectivity index (χ0v) is 13.5. The van der Waals surface area contributed by atoms with Crippen LogP contribution in [0, 0.1) is 18.3 Å². The van der Waals surface area contributed by atoms with Gasteiger partial charge in [-0.05, 0) is 13.0 Å². The summed E-state index contributed by atoms with van der Waals surface area (Å²) in [6.45, 7) is 1.79. The Balaban J connectivity index is 2.65. The van der Waals surface area contributed by atoms with Gasteiger partial charge in [0.25, 0.3) is 5.56 Å². The molecule has 8 nitrogen and oxygen atoms in total. The summed E-state index contributed by atoms with van der Waals surface area (Å²) < 4.78 is 1.75. The van der Waals surface area contributed by atoms with Crippen molar-refractivity contribution in [2.75, 3.05) is 5.73 Å². The predicted octanol–water partition coefficient (Wildman–Crippen LogP) is 0.221. The van der Waals surface area contributed by atoms with Crippen LogP contribution in [0.2, 0.25) is 0 Å². The van der Waals surface area contributed by atoms with E-state index in [-0.39, 0.29) is 11.4 Å². The number of Topliss-reactive ketones (excluding diaryl/α,β-unsaturated/α-hetero) is 1.